The Labute approximate surface area is 138 Å². The van der Waals surface area contributed by atoms with Crippen molar-refractivity contribution in [2.75, 3.05) is 18.0 Å². The Bertz CT molecular complexity index is 593. The zero-order chi connectivity index (χ0) is 16.8. The van der Waals surface area contributed by atoms with E-state index in [1.54, 1.807) is 6.07 Å². The van der Waals surface area contributed by atoms with E-state index in [0.717, 1.165) is 43.7 Å². The third kappa shape index (κ3) is 4.69. The fourth-order valence-electron chi connectivity index (χ4n) is 3.14. The van der Waals surface area contributed by atoms with Gasteiger partial charge in [0.1, 0.15) is 5.82 Å². The number of aryl methyl sites for hydroxylation is 1. The van der Waals surface area contributed by atoms with E-state index in [-0.39, 0.29) is 17.9 Å². The molecule has 1 aliphatic rings. The normalized spacial score (nSPS) is 19.0. The van der Waals surface area contributed by atoms with Gasteiger partial charge in [-0.05, 0) is 45.2 Å². The Morgan fingerprint density at radius 1 is 1.57 bits per heavy atom. The molecule has 0 radical (unpaired) electrons. The highest BCUT2D eigenvalue weighted by molar-refractivity contribution is 5.79. The molecule has 2 atom stereocenters. The minimum absolute atomic E-state index is 0.00379. The van der Waals surface area contributed by atoms with Gasteiger partial charge < -0.3 is 10.2 Å². The van der Waals surface area contributed by atoms with Crippen LogP contribution in [-0.4, -0.2) is 30.0 Å². The quantitative estimate of drug-likeness (QED) is 0.907. The maximum atomic E-state index is 12.4. The second-order valence-electron chi connectivity index (χ2n) is 6.45. The van der Waals surface area contributed by atoms with Crippen LogP contribution >= 0.6 is 0 Å². The van der Waals surface area contributed by atoms with Crippen molar-refractivity contribution in [3.63, 3.8) is 0 Å². The lowest BCUT2D eigenvalue weighted by Crippen LogP contribution is -2.45. The molecule has 124 valence electrons. The minimum Gasteiger partial charge on any atom is -0.356 e. The molecule has 1 amide bonds. The van der Waals surface area contributed by atoms with Gasteiger partial charge in [-0.2, -0.15) is 5.26 Å². The van der Waals surface area contributed by atoms with Crippen molar-refractivity contribution in [3.05, 3.63) is 23.4 Å². The van der Waals surface area contributed by atoms with Crippen LogP contribution in [0.5, 0.6) is 0 Å². The highest BCUT2D eigenvalue weighted by Crippen LogP contribution is 2.23. The van der Waals surface area contributed by atoms with E-state index in [9.17, 15) is 4.79 Å². The fraction of sp³-hybridized carbons (Fsp3) is 0.611. The first-order chi connectivity index (χ1) is 11.0. The Morgan fingerprint density at radius 2 is 2.35 bits per heavy atom. The van der Waals surface area contributed by atoms with Crippen molar-refractivity contribution in [2.24, 2.45) is 5.92 Å². The van der Waals surface area contributed by atoms with E-state index >= 15 is 0 Å². The van der Waals surface area contributed by atoms with Crippen LogP contribution in [0.4, 0.5) is 5.82 Å². The van der Waals surface area contributed by atoms with Gasteiger partial charge in [0.05, 0.1) is 17.6 Å². The Hall–Kier alpha value is -2.09. The van der Waals surface area contributed by atoms with E-state index < -0.39 is 0 Å². The molecule has 0 spiro atoms. The largest absolute Gasteiger partial charge is 0.356 e. The molecule has 23 heavy (non-hydrogen) atoms. The van der Waals surface area contributed by atoms with E-state index in [0.29, 0.717) is 12.1 Å². The van der Waals surface area contributed by atoms with Crippen molar-refractivity contribution in [2.45, 2.75) is 52.5 Å². The number of nitriles is 1. The van der Waals surface area contributed by atoms with Crippen molar-refractivity contribution in [1.82, 2.24) is 10.3 Å². The molecule has 0 saturated carbocycles. The van der Waals surface area contributed by atoms with E-state index in [2.05, 4.69) is 35.1 Å². The van der Waals surface area contributed by atoms with Crippen LogP contribution in [0, 0.1) is 24.2 Å². The summed E-state index contributed by atoms with van der Waals surface area (Å²) in [7, 11) is 0. The fourth-order valence-corrected chi connectivity index (χ4v) is 3.14. The van der Waals surface area contributed by atoms with Gasteiger partial charge in [-0.25, -0.2) is 4.98 Å². The van der Waals surface area contributed by atoms with Gasteiger partial charge in [-0.1, -0.05) is 13.3 Å². The lowest BCUT2D eigenvalue weighted by atomic mass is 9.96. The molecule has 1 aromatic rings. The van der Waals surface area contributed by atoms with Gasteiger partial charge in [0.2, 0.25) is 5.91 Å². The number of hydrogen-bond acceptors (Lipinski definition) is 4. The summed E-state index contributed by atoms with van der Waals surface area (Å²) in [5, 5.41) is 12.2. The van der Waals surface area contributed by atoms with Crippen LogP contribution in [-0.2, 0) is 4.79 Å². The molecule has 5 nitrogen and oxygen atoms in total. The summed E-state index contributed by atoms with van der Waals surface area (Å²) in [5.41, 5.74) is 1.46. The van der Waals surface area contributed by atoms with Crippen LogP contribution in [0.15, 0.2) is 12.1 Å². The van der Waals surface area contributed by atoms with Gasteiger partial charge in [-0.15, -0.1) is 0 Å². The summed E-state index contributed by atoms with van der Waals surface area (Å²) < 4.78 is 0. The standard InChI is InChI=1S/C18H26N4O/c1-4-6-13(2)21-18(23)16-7-5-8-22(12-16)17-10-15(11-19)9-14(3)20-17/h9-10,13,16H,4-8,12H2,1-3H3,(H,21,23). The van der Waals surface area contributed by atoms with Crippen LogP contribution in [0.1, 0.15) is 50.8 Å². The molecular formula is C18H26N4O. The number of amides is 1. The molecule has 2 rings (SSSR count). The summed E-state index contributed by atoms with van der Waals surface area (Å²) in [5.74, 6) is 0.945. The Morgan fingerprint density at radius 3 is 3.04 bits per heavy atom. The van der Waals surface area contributed by atoms with E-state index in [1.165, 1.54) is 0 Å². The smallest absolute Gasteiger partial charge is 0.225 e. The summed E-state index contributed by atoms with van der Waals surface area (Å²) >= 11 is 0. The van der Waals surface area contributed by atoms with Crippen LogP contribution in [0.25, 0.3) is 0 Å². The van der Waals surface area contributed by atoms with Gasteiger partial charge in [0.25, 0.3) is 0 Å². The van der Waals surface area contributed by atoms with E-state index in [1.807, 2.05) is 13.0 Å². The number of aromatic nitrogens is 1. The van der Waals surface area contributed by atoms with Gasteiger partial charge in [0.15, 0.2) is 0 Å². The number of anilines is 1. The highest BCUT2D eigenvalue weighted by atomic mass is 16.2. The number of rotatable bonds is 5. The lowest BCUT2D eigenvalue weighted by molar-refractivity contribution is -0.125. The van der Waals surface area contributed by atoms with Crippen molar-refractivity contribution >= 4 is 11.7 Å². The molecule has 1 fully saturated rings. The second-order valence-corrected chi connectivity index (χ2v) is 6.45. The van der Waals surface area contributed by atoms with Crippen LogP contribution < -0.4 is 10.2 Å². The second kappa shape index (κ2) is 7.96. The highest BCUT2D eigenvalue weighted by Gasteiger charge is 2.27. The first kappa shape index (κ1) is 17.3. The maximum absolute atomic E-state index is 12.4. The topological polar surface area (TPSA) is 69.0 Å². The monoisotopic (exact) mass is 314 g/mol. The number of hydrogen-bond donors (Lipinski definition) is 1. The predicted molar refractivity (Wildman–Crippen MR) is 91.1 cm³/mol. The zero-order valence-corrected chi connectivity index (χ0v) is 14.3. The minimum atomic E-state index is -0.00379. The Balaban J connectivity index is 2.05. The van der Waals surface area contributed by atoms with Gasteiger partial charge in [0, 0.05) is 24.8 Å². The molecule has 1 saturated heterocycles. The summed E-state index contributed by atoms with van der Waals surface area (Å²) in [6, 6.07) is 6.00. The van der Waals surface area contributed by atoms with Crippen LogP contribution in [0.2, 0.25) is 0 Å². The molecule has 1 aliphatic heterocycles. The molecule has 5 heteroatoms. The SMILES string of the molecule is CCCC(C)NC(=O)C1CCCN(c2cc(C#N)cc(C)n2)C1. The van der Waals surface area contributed by atoms with E-state index in [4.69, 9.17) is 5.26 Å². The van der Waals surface area contributed by atoms with Crippen LogP contribution in [0.3, 0.4) is 0 Å². The van der Waals surface area contributed by atoms with Crippen molar-refractivity contribution < 1.29 is 4.79 Å². The maximum Gasteiger partial charge on any atom is 0.225 e. The molecule has 1 N–H and O–H groups in total. The number of nitrogens with zero attached hydrogens (tertiary/aromatic N) is 3. The zero-order valence-electron chi connectivity index (χ0n) is 14.3. The lowest BCUT2D eigenvalue weighted by Gasteiger charge is -2.33. The average Bonchev–Trinajstić information content (AvgIpc) is 2.54. The molecule has 1 aromatic heterocycles. The summed E-state index contributed by atoms with van der Waals surface area (Å²) in [4.78, 5) is 19.1. The van der Waals surface area contributed by atoms with Gasteiger partial charge >= 0.3 is 0 Å². The molecule has 2 heterocycles. The number of carbonyl (C=O) groups excluding carboxylic acids is 1. The van der Waals surface area contributed by atoms with Crippen molar-refractivity contribution in [3.8, 4) is 6.07 Å². The number of piperidine rings is 1. The number of nitrogens with one attached hydrogen (secondary N) is 1. The third-order valence-electron chi connectivity index (χ3n) is 4.30. The summed E-state index contributed by atoms with van der Waals surface area (Å²) in [6.45, 7) is 7.64. The Kier molecular flexibility index (Phi) is 5.97. The average molecular weight is 314 g/mol. The first-order valence-corrected chi connectivity index (χ1v) is 8.47. The molecule has 0 aliphatic carbocycles. The number of carbonyl (C=O) groups is 1. The molecule has 2 unspecified atom stereocenters. The number of pyridine rings is 1. The third-order valence-corrected chi connectivity index (χ3v) is 4.30. The predicted octanol–water partition coefficient (Wildman–Crippen LogP) is 2.78. The van der Waals surface area contributed by atoms with Crippen molar-refractivity contribution in [1.29, 1.82) is 5.26 Å². The molecule has 0 bridgehead atoms. The molecule has 0 aromatic carbocycles. The first-order valence-electron chi connectivity index (χ1n) is 8.47. The van der Waals surface area contributed by atoms with Gasteiger partial charge in [-0.3, -0.25) is 4.79 Å². The molecular weight excluding hydrogens is 288 g/mol. The summed E-state index contributed by atoms with van der Waals surface area (Å²) in [6.07, 6.45) is 3.96.